The van der Waals surface area contributed by atoms with Gasteiger partial charge in [0.15, 0.2) is 5.79 Å². The van der Waals surface area contributed by atoms with Gasteiger partial charge >= 0.3 is 0 Å². The van der Waals surface area contributed by atoms with E-state index in [0.717, 1.165) is 36.0 Å². The molecule has 6 rings (SSSR count). The second-order valence-corrected chi connectivity index (χ2v) is 17.3. The zero-order valence-electron chi connectivity index (χ0n) is 26.0. The lowest BCUT2D eigenvalue weighted by molar-refractivity contribution is -0.242. The lowest BCUT2D eigenvalue weighted by atomic mass is 9.32. The molecule has 38 heavy (non-hydrogen) atoms. The molecular formula is C35H60O3. The van der Waals surface area contributed by atoms with Crippen LogP contribution in [0.1, 0.15) is 138 Å². The highest BCUT2D eigenvalue weighted by Gasteiger charge is 2.70. The Balaban J connectivity index is 1.22. The van der Waals surface area contributed by atoms with Crippen LogP contribution < -0.4 is 0 Å². The van der Waals surface area contributed by atoms with Crippen molar-refractivity contribution in [3.8, 4) is 0 Å². The van der Waals surface area contributed by atoms with Crippen molar-refractivity contribution in [1.29, 1.82) is 0 Å². The highest BCUT2D eigenvalue weighted by molar-refractivity contribution is 5.19. The molecule has 0 spiro atoms. The van der Waals surface area contributed by atoms with Crippen molar-refractivity contribution >= 4 is 0 Å². The number of fused-ring (bicyclic) bond motifs is 7. The van der Waals surface area contributed by atoms with Gasteiger partial charge in [-0.25, -0.2) is 0 Å². The van der Waals surface area contributed by atoms with E-state index in [0.29, 0.717) is 52.4 Å². The van der Waals surface area contributed by atoms with E-state index in [1.54, 1.807) is 0 Å². The van der Waals surface area contributed by atoms with Crippen molar-refractivity contribution < 1.29 is 14.9 Å². The number of hydrogen-bond donors (Lipinski definition) is 2. The number of aliphatic hydroxyl groups excluding tert-OH is 1. The van der Waals surface area contributed by atoms with Crippen molar-refractivity contribution in [2.75, 3.05) is 6.61 Å². The predicted octanol–water partition coefficient (Wildman–Crippen LogP) is 8.36. The van der Waals surface area contributed by atoms with Crippen LogP contribution in [0.5, 0.6) is 0 Å². The standard InChI is InChI=1S/C35H60O3/c1-23(11-21-35(37)29(36)15-22-38-35)24-12-18-31(4)25(24)13-19-33(6)27(31)9-10-28-32(5)17-8-16-30(2,3)26(32)14-20-34(28,33)7/h23-29,36-37H,8-22H2,1-7H3/t23?,24-,25+,26+,27-,28-,29?,31+,32+,33-,34-,35?/m1/s1. The molecule has 1 heterocycles. The quantitative estimate of drug-likeness (QED) is 0.385. The molecule has 6 fully saturated rings. The maximum absolute atomic E-state index is 10.8. The van der Waals surface area contributed by atoms with Gasteiger partial charge in [0, 0.05) is 12.8 Å². The molecule has 5 saturated carbocycles. The Hall–Kier alpha value is -0.120. The van der Waals surface area contributed by atoms with E-state index >= 15 is 0 Å². The highest BCUT2D eigenvalue weighted by atomic mass is 16.6. The minimum Gasteiger partial charge on any atom is -0.387 e. The minimum absolute atomic E-state index is 0.462. The van der Waals surface area contributed by atoms with Crippen LogP contribution in [0.15, 0.2) is 0 Å². The first kappa shape index (κ1) is 28.0. The molecular weight excluding hydrogens is 468 g/mol. The van der Waals surface area contributed by atoms with E-state index in [1.807, 2.05) is 0 Å². The number of hydrogen-bond acceptors (Lipinski definition) is 3. The third-order valence-corrected chi connectivity index (χ3v) is 15.7. The summed E-state index contributed by atoms with van der Waals surface area (Å²) in [4.78, 5) is 0. The summed E-state index contributed by atoms with van der Waals surface area (Å²) in [6, 6.07) is 0. The third kappa shape index (κ3) is 3.68. The van der Waals surface area contributed by atoms with Crippen molar-refractivity contribution in [2.45, 2.75) is 150 Å². The molecule has 5 aliphatic carbocycles. The van der Waals surface area contributed by atoms with Gasteiger partial charge in [0.1, 0.15) is 6.10 Å². The van der Waals surface area contributed by atoms with Crippen LogP contribution in [0.25, 0.3) is 0 Å². The van der Waals surface area contributed by atoms with E-state index < -0.39 is 11.9 Å². The van der Waals surface area contributed by atoms with E-state index in [1.165, 1.54) is 70.6 Å². The molecule has 218 valence electrons. The van der Waals surface area contributed by atoms with Crippen LogP contribution >= 0.6 is 0 Å². The summed E-state index contributed by atoms with van der Waals surface area (Å²) in [5.74, 6) is 3.50. The Morgan fingerprint density at radius 3 is 2.05 bits per heavy atom. The van der Waals surface area contributed by atoms with Crippen LogP contribution in [-0.2, 0) is 4.74 Å². The summed E-state index contributed by atoms with van der Waals surface area (Å²) in [5, 5.41) is 21.1. The zero-order chi connectivity index (χ0) is 27.4. The largest absolute Gasteiger partial charge is 0.387 e. The summed E-state index contributed by atoms with van der Waals surface area (Å²) in [6.45, 7) is 19.1. The maximum atomic E-state index is 10.8. The third-order valence-electron chi connectivity index (χ3n) is 15.7. The molecule has 3 heteroatoms. The van der Waals surface area contributed by atoms with Gasteiger partial charge in [-0.3, -0.25) is 0 Å². The molecule has 2 N–H and O–H groups in total. The van der Waals surface area contributed by atoms with Gasteiger partial charge < -0.3 is 14.9 Å². The molecule has 1 aliphatic heterocycles. The summed E-state index contributed by atoms with van der Waals surface area (Å²) in [5.41, 5.74) is 2.44. The SMILES string of the molecule is CC(CCC1(O)OCCC1O)[C@H]1CC[C@]2(C)[C@H]3CC[C@@H]4[C@@]5(C)CCCC(C)(C)[C@@H]5CC[C@@]4(C)[C@]3(C)CC[C@@H]12. The van der Waals surface area contributed by atoms with E-state index in [2.05, 4.69) is 48.5 Å². The Labute approximate surface area is 234 Å². The molecule has 0 aromatic rings. The van der Waals surface area contributed by atoms with Crippen LogP contribution in [0.4, 0.5) is 0 Å². The average molecular weight is 529 g/mol. The van der Waals surface area contributed by atoms with Crippen molar-refractivity contribution in [3.63, 3.8) is 0 Å². The van der Waals surface area contributed by atoms with Crippen molar-refractivity contribution in [1.82, 2.24) is 0 Å². The molecule has 12 atom stereocenters. The topological polar surface area (TPSA) is 49.7 Å². The van der Waals surface area contributed by atoms with E-state index in [9.17, 15) is 10.2 Å². The van der Waals surface area contributed by atoms with Crippen LogP contribution in [-0.4, -0.2) is 28.7 Å². The normalized spacial score (nSPS) is 56.4. The Bertz CT molecular complexity index is 915. The molecule has 3 unspecified atom stereocenters. The summed E-state index contributed by atoms with van der Waals surface area (Å²) >= 11 is 0. The number of rotatable bonds is 4. The fourth-order valence-electron chi connectivity index (χ4n) is 13.6. The lowest BCUT2D eigenvalue weighted by Gasteiger charge is -2.73. The monoisotopic (exact) mass is 528 g/mol. The number of ether oxygens (including phenoxy) is 1. The van der Waals surface area contributed by atoms with Gasteiger partial charge in [-0.1, -0.05) is 54.9 Å². The first-order chi connectivity index (χ1) is 17.7. The van der Waals surface area contributed by atoms with Gasteiger partial charge in [-0.05, 0) is 133 Å². The highest BCUT2D eigenvalue weighted by Crippen LogP contribution is 2.78. The van der Waals surface area contributed by atoms with Crippen LogP contribution in [0.3, 0.4) is 0 Å². The van der Waals surface area contributed by atoms with Gasteiger partial charge in [0.25, 0.3) is 0 Å². The Morgan fingerprint density at radius 2 is 1.39 bits per heavy atom. The average Bonchev–Trinajstić information content (AvgIpc) is 3.36. The Kier molecular flexibility index (Phi) is 6.59. The maximum Gasteiger partial charge on any atom is 0.191 e. The number of aliphatic hydroxyl groups is 2. The first-order valence-corrected chi connectivity index (χ1v) is 16.8. The smallest absolute Gasteiger partial charge is 0.191 e. The summed E-state index contributed by atoms with van der Waals surface area (Å²) < 4.78 is 5.60. The lowest BCUT2D eigenvalue weighted by Crippen LogP contribution is -2.65. The van der Waals surface area contributed by atoms with Gasteiger partial charge in [0.05, 0.1) is 6.61 Å². The fourth-order valence-corrected chi connectivity index (χ4v) is 13.6. The second kappa shape index (κ2) is 8.94. The molecule has 1 saturated heterocycles. The molecule has 0 radical (unpaired) electrons. The first-order valence-electron chi connectivity index (χ1n) is 16.8. The molecule has 3 nitrogen and oxygen atoms in total. The Morgan fingerprint density at radius 1 is 0.737 bits per heavy atom. The predicted molar refractivity (Wildman–Crippen MR) is 154 cm³/mol. The van der Waals surface area contributed by atoms with Crippen molar-refractivity contribution in [2.24, 2.45) is 62.6 Å². The fraction of sp³-hybridized carbons (Fsp3) is 1.00. The van der Waals surface area contributed by atoms with Gasteiger partial charge in [0.2, 0.25) is 0 Å². The van der Waals surface area contributed by atoms with Crippen LogP contribution in [0, 0.1) is 62.6 Å². The van der Waals surface area contributed by atoms with E-state index in [-0.39, 0.29) is 0 Å². The van der Waals surface area contributed by atoms with E-state index in [4.69, 9.17) is 4.74 Å². The zero-order valence-corrected chi connectivity index (χ0v) is 26.0. The molecule has 0 amide bonds. The van der Waals surface area contributed by atoms with Gasteiger partial charge in [-0.2, -0.15) is 0 Å². The minimum atomic E-state index is -1.31. The molecule has 0 bridgehead atoms. The molecule has 0 aromatic carbocycles. The summed E-state index contributed by atoms with van der Waals surface area (Å²) in [7, 11) is 0. The summed E-state index contributed by atoms with van der Waals surface area (Å²) in [6.07, 6.45) is 17.1. The van der Waals surface area contributed by atoms with Gasteiger partial charge in [-0.15, -0.1) is 0 Å². The molecule has 6 aliphatic rings. The second-order valence-electron chi connectivity index (χ2n) is 17.3. The van der Waals surface area contributed by atoms with Crippen molar-refractivity contribution in [3.05, 3.63) is 0 Å². The van der Waals surface area contributed by atoms with Crippen LogP contribution in [0.2, 0.25) is 0 Å². The molecule has 0 aromatic heterocycles.